The summed E-state index contributed by atoms with van der Waals surface area (Å²) in [6, 6.07) is 10.7. The predicted octanol–water partition coefficient (Wildman–Crippen LogP) is 1.64. The Bertz CT molecular complexity index is 1630. The Morgan fingerprint density at radius 1 is 0.889 bits per heavy atom. The normalized spacial score (nSPS) is 24.3. The summed E-state index contributed by atoms with van der Waals surface area (Å²) in [4.78, 5) is 12.3. The molecule has 3 aromatic rings. The molecule has 2 aliphatic heterocycles. The zero-order valence-corrected chi connectivity index (χ0v) is 23.6. The molecule has 0 bridgehead atoms. The number of hydrogen-bond acceptors (Lipinski definition) is 13. The molecule has 1 unspecified atom stereocenters. The van der Waals surface area contributed by atoms with E-state index in [0.717, 1.165) is 12.1 Å². The van der Waals surface area contributed by atoms with Crippen molar-refractivity contribution in [1.82, 2.24) is 0 Å². The molecule has 6 atom stereocenters. The van der Waals surface area contributed by atoms with Crippen LogP contribution in [-0.4, -0.2) is 96.0 Å². The number of fused-ring (bicyclic) bond motifs is 1. The van der Waals surface area contributed by atoms with Gasteiger partial charge < -0.3 is 64.5 Å². The van der Waals surface area contributed by atoms with Crippen LogP contribution in [0.15, 0.2) is 60.4 Å². The SMILES string of the molecule is COc1cc(C2[OH+]c3cc(O)cc(O)c3C=C2O[C@@H]2O[C@H](COC(=O)/C=C/c3ccc(O)c(O)c3)[C@@H](O)[C@H](O)[C@H]2O)ccc1O. The summed E-state index contributed by atoms with van der Waals surface area (Å²) in [7, 11) is 1.36. The van der Waals surface area contributed by atoms with Gasteiger partial charge in [0.1, 0.15) is 48.1 Å². The molecule has 0 saturated carbocycles. The molecule has 0 radical (unpaired) electrons. The molecule has 1 fully saturated rings. The average Bonchev–Trinajstić information content (AvgIpc) is 3.01. The number of methoxy groups -OCH3 is 1. The van der Waals surface area contributed by atoms with Crippen LogP contribution in [0.1, 0.15) is 22.8 Å². The van der Waals surface area contributed by atoms with E-state index in [1.807, 2.05) is 0 Å². The number of carbonyl (C=O) groups excluding carboxylic acids is 1. The number of esters is 1. The molecule has 2 aliphatic rings. The number of rotatable bonds is 8. The first-order valence-electron chi connectivity index (χ1n) is 13.5. The molecule has 45 heavy (non-hydrogen) atoms. The van der Waals surface area contributed by atoms with E-state index in [9.17, 15) is 45.6 Å². The average molecular weight is 628 g/mol. The highest BCUT2D eigenvalue weighted by Gasteiger charge is 2.47. The Morgan fingerprint density at radius 2 is 1.64 bits per heavy atom. The minimum absolute atomic E-state index is 0.0136. The summed E-state index contributed by atoms with van der Waals surface area (Å²) in [5.41, 5.74) is 1.00. The van der Waals surface area contributed by atoms with Gasteiger partial charge in [-0.05, 0) is 42.0 Å². The molecule has 0 aliphatic carbocycles. The highest BCUT2D eigenvalue weighted by atomic mass is 16.7. The zero-order chi connectivity index (χ0) is 32.4. The van der Waals surface area contributed by atoms with Gasteiger partial charge in [-0.2, -0.15) is 0 Å². The number of aliphatic hydroxyl groups is 4. The lowest BCUT2D eigenvalue weighted by atomic mass is 9.98. The van der Waals surface area contributed by atoms with E-state index in [0.29, 0.717) is 11.1 Å². The first-order valence-corrected chi connectivity index (χ1v) is 13.5. The standard InChI is InChI=1S/C31H30O14/c1-41-23-9-15(4-6-19(23)34)30-24(12-17-20(35)10-16(32)11-22(17)43-30)44-31-29(40)28(39)27(38)25(45-31)13-42-26(37)7-3-14-2-5-18(33)21(36)8-14/h2-12,25,27-36,38-40H,13H2,1H3/p+1/b7-3+/t25-,27-,28+,29-,30?,31-/m1/s1. The maximum atomic E-state index is 12.3. The number of benzene rings is 3. The van der Waals surface area contributed by atoms with Crippen molar-refractivity contribution in [1.29, 1.82) is 0 Å². The Labute approximate surface area is 255 Å². The molecule has 1 saturated heterocycles. The van der Waals surface area contributed by atoms with E-state index >= 15 is 0 Å². The van der Waals surface area contributed by atoms with Gasteiger partial charge >= 0.3 is 5.97 Å². The van der Waals surface area contributed by atoms with Gasteiger partial charge in [0.15, 0.2) is 28.8 Å². The van der Waals surface area contributed by atoms with Crippen LogP contribution in [0, 0.1) is 0 Å². The number of ether oxygens (including phenoxy) is 5. The topological polar surface area (TPSA) is 229 Å². The third kappa shape index (κ3) is 6.68. The van der Waals surface area contributed by atoms with Crippen molar-refractivity contribution in [2.24, 2.45) is 0 Å². The monoisotopic (exact) mass is 627 g/mol. The van der Waals surface area contributed by atoms with Crippen LogP contribution in [0.5, 0.6) is 40.2 Å². The van der Waals surface area contributed by atoms with Crippen LogP contribution in [0.4, 0.5) is 0 Å². The Morgan fingerprint density at radius 3 is 2.38 bits per heavy atom. The summed E-state index contributed by atoms with van der Waals surface area (Å²) in [6.07, 6.45) is -5.44. The van der Waals surface area contributed by atoms with Gasteiger partial charge in [0.05, 0.1) is 18.7 Å². The Kier molecular flexibility index (Phi) is 8.92. The first-order chi connectivity index (χ1) is 21.4. The molecular formula is C31H31O14+. The molecule has 0 amide bonds. The second-order valence-electron chi connectivity index (χ2n) is 10.3. The molecule has 14 nitrogen and oxygen atoms in total. The van der Waals surface area contributed by atoms with Gasteiger partial charge in [0.25, 0.3) is 11.9 Å². The van der Waals surface area contributed by atoms with Crippen molar-refractivity contribution in [3.63, 3.8) is 0 Å². The van der Waals surface area contributed by atoms with E-state index < -0.39 is 49.4 Å². The molecule has 0 aromatic heterocycles. The third-order valence-corrected chi connectivity index (χ3v) is 7.19. The van der Waals surface area contributed by atoms with Gasteiger partial charge in [0, 0.05) is 18.2 Å². The van der Waals surface area contributed by atoms with Gasteiger partial charge in [-0.25, -0.2) is 4.79 Å². The molecule has 9 N–H and O–H groups in total. The number of aromatic hydroxyl groups is 6. The number of phenols is 5. The van der Waals surface area contributed by atoms with Crippen LogP contribution in [0.2, 0.25) is 0 Å². The van der Waals surface area contributed by atoms with E-state index in [1.165, 1.54) is 61.7 Å². The fourth-order valence-electron chi connectivity index (χ4n) is 4.80. The van der Waals surface area contributed by atoms with E-state index in [-0.39, 0.29) is 51.6 Å². The molecular weight excluding hydrogens is 596 g/mol. The minimum atomic E-state index is -1.78. The molecule has 14 heteroatoms. The summed E-state index contributed by atoms with van der Waals surface area (Å²) in [6.45, 7) is -0.556. The van der Waals surface area contributed by atoms with Crippen molar-refractivity contribution < 1.29 is 69.3 Å². The highest BCUT2D eigenvalue weighted by Crippen LogP contribution is 2.46. The van der Waals surface area contributed by atoms with Gasteiger partial charge in [-0.3, -0.25) is 0 Å². The molecule has 5 rings (SSSR count). The van der Waals surface area contributed by atoms with Crippen LogP contribution in [0.25, 0.3) is 12.2 Å². The Hall–Kier alpha value is -5.15. The van der Waals surface area contributed by atoms with Gasteiger partial charge in [-0.15, -0.1) is 0 Å². The second-order valence-corrected chi connectivity index (χ2v) is 10.3. The lowest BCUT2D eigenvalue weighted by Gasteiger charge is -2.40. The van der Waals surface area contributed by atoms with Crippen LogP contribution in [0.3, 0.4) is 0 Å². The maximum Gasteiger partial charge on any atom is 0.330 e. The Balaban J connectivity index is 1.36. The molecule has 238 valence electrons. The lowest BCUT2D eigenvalue weighted by molar-refractivity contribution is -0.296. The fourth-order valence-corrected chi connectivity index (χ4v) is 4.80. The van der Waals surface area contributed by atoms with Crippen LogP contribution >= 0.6 is 0 Å². The molecule has 3 aromatic carbocycles. The van der Waals surface area contributed by atoms with E-state index in [1.54, 1.807) is 0 Å². The van der Waals surface area contributed by atoms with Gasteiger partial charge in [-0.1, -0.05) is 6.07 Å². The molecule has 0 spiro atoms. The third-order valence-electron chi connectivity index (χ3n) is 7.19. The van der Waals surface area contributed by atoms with Crippen molar-refractivity contribution in [3.8, 4) is 40.2 Å². The highest BCUT2D eigenvalue weighted by molar-refractivity contribution is 5.87. The summed E-state index contributed by atoms with van der Waals surface area (Å²) >= 11 is 0. The van der Waals surface area contributed by atoms with Crippen LogP contribution in [-0.2, 0) is 19.0 Å². The van der Waals surface area contributed by atoms with Crippen LogP contribution < -0.4 is 4.74 Å². The van der Waals surface area contributed by atoms with Crippen molar-refractivity contribution in [3.05, 3.63) is 77.1 Å². The second kappa shape index (κ2) is 12.8. The zero-order valence-electron chi connectivity index (χ0n) is 23.6. The van der Waals surface area contributed by atoms with E-state index in [4.69, 9.17) is 18.9 Å². The fraction of sp³-hybridized carbons (Fsp3) is 0.258. The number of aliphatic hydroxyl groups excluding tert-OH is 3. The summed E-state index contributed by atoms with van der Waals surface area (Å²) in [5, 5.41) is 81.4. The summed E-state index contributed by atoms with van der Waals surface area (Å²) < 4.78 is 26.6. The number of phenolic OH excluding ortho intramolecular Hbond substituents is 5. The van der Waals surface area contributed by atoms with Crippen molar-refractivity contribution >= 4 is 18.1 Å². The largest absolute Gasteiger partial charge is 0.571 e. The lowest BCUT2D eigenvalue weighted by Crippen LogP contribution is -2.59. The van der Waals surface area contributed by atoms with Crippen molar-refractivity contribution in [2.75, 3.05) is 13.7 Å². The number of carbonyl (C=O) groups is 1. The quantitative estimate of drug-likeness (QED) is 0.0770. The molecule has 2 heterocycles. The van der Waals surface area contributed by atoms with E-state index in [2.05, 4.69) is 4.74 Å². The smallest absolute Gasteiger partial charge is 0.330 e. The summed E-state index contributed by atoms with van der Waals surface area (Å²) in [5.74, 6) is -1.94. The number of hydrogen-bond donors (Lipinski definition) is 8. The van der Waals surface area contributed by atoms with Crippen molar-refractivity contribution in [2.45, 2.75) is 36.8 Å². The first kappa shape index (κ1) is 31.3. The van der Waals surface area contributed by atoms with Gasteiger partial charge in [0.2, 0.25) is 6.29 Å². The minimum Gasteiger partial charge on any atom is -0.571 e. The predicted molar refractivity (Wildman–Crippen MR) is 154 cm³/mol. The maximum absolute atomic E-state index is 12.3.